The fourth-order valence-corrected chi connectivity index (χ4v) is 9.28. The van der Waals surface area contributed by atoms with E-state index >= 15 is 0 Å². The van der Waals surface area contributed by atoms with Crippen molar-refractivity contribution in [2.24, 2.45) is 29.1 Å². The Hall–Kier alpha value is -1.32. The van der Waals surface area contributed by atoms with E-state index in [0.717, 1.165) is 19.3 Å². The Balaban J connectivity index is 1.32. The van der Waals surface area contributed by atoms with Crippen molar-refractivity contribution in [1.82, 2.24) is 0 Å². The van der Waals surface area contributed by atoms with Crippen molar-refractivity contribution in [2.75, 3.05) is 6.61 Å². The number of epoxide rings is 1. The zero-order valence-corrected chi connectivity index (χ0v) is 24.9. The molecule has 0 spiro atoms. The van der Waals surface area contributed by atoms with Gasteiger partial charge in [-0.2, -0.15) is 0 Å². The summed E-state index contributed by atoms with van der Waals surface area (Å²) < 4.78 is 12.3. The van der Waals surface area contributed by atoms with Gasteiger partial charge in [-0.05, 0) is 31.3 Å². The molecule has 0 bridgehead atoms. The minimum Gasteiger partial charge on any atom is -0.458 e. The molecule has 4 aliphatic carbocycles. The third-order valence-electron chi connectivity index (χ3n) is 11.7. The molecule has 40 heavy (non-hydrogen) atoms. The number of ketones is 1. The number of hydrogen-bond acceptors (Lipinski definition) is 8. The SMILES string of the molecule is CCCCCCCCCCCC(=O)O[C@@]12C[C@H](C)[C@]3(O)[C@H]([C@@H]1C2(C)C)[C@@H]1O[C@]1(CO)[C@@H](O)[C@]1(O)C(=O)C(C)=C[C@H]13. The van der Waals surface area contributed by atoms with Crippen LogP contribution in [0.3, 0.4) is 0 Å². The number of unbranched alkanes of at least 4 members (excludes halogenated alkanes) is 8. The van der Waals surface area contributed by atoms with E-state index in [1.165, 1.54) is 38.5 Å². The first-order valence-electron chi connectivity index (χ1n) is 15.7. The highest BCUT2D eigenvalue weighted by Crippen LogP contribution is 2.79. The zero-order valence-electron chi connectivity index (χ0n) is 24.9. The molecule has 8 nitrogen and oxygen atoms in total. The van der Waals surface area contributed by atoms with Crippen LogP contribution in [-0.2, 0) is 19.1 Å². The van der Waals surface area contributed by atoms with Gasteiger partial charge in [0.25, 0.3) is 0 Å². The fraction of sp³-hybridized carbons (Fsp3) is 0.875. The topological polar surface area (TPSA) is 137 Å². The lowest BCUT2D eigenvalue weighted by Crippen LogP contribution is -2.65. The Kier molecular flexibility index (Phi) is 7.65. The Bertz CT molecular complexity index is 1050. The minimum atomic E-state index is -2.30. The van der Waals surface area contributed by atoms with Gasteiger partial charge in [0.15, 0.2) is 11.4 Å². The van der Waals surface area contributed by atoms with Crippen molar-refractivity contribution >= 4 is 11.8 Å². The Morgan fingerprint density at radius 2 is 1.68 bits per heavy atom. The monoisotopic (exact) mass is 562 g/mol. The van der Waals surface area contributed by atoms with Crippen LogP contribution in [0.1, 0.15) is 105 Å². The molecular formula is C32H50O8. The molecule has 0 aromatic heterocycles. The maximum absolute atomic E-state index is 13.2. The molecule has 5 aliphatic rings. The summed E-state index contributed by atoms with van der Waals surface area (Å²) in [6.07, 6.45) is 10.3. The maximum atomic E-state index is 13.2. The number of carbonyl (C=O) groups excluding carboxylic acids is 2. The van der Waals surface area contributed by atoms with E-state index in [9.17, 15) is 30.0 Å². The van der Waals surface area contributed by atoms with Crippen LogP contribution in [-0.4, -0.2) is 73.4 Å². The summed E-state index contributed by atoms with van der Waals surface area (Å²) in [6, 6.07) is 0. The van der Waals surface area contributed by atoms with Crippen LogP contribution < -0.4 is 0 Å². The maximum Gasteiger partial charge on any atom is 0.306 e. The first-order chi connectivity index (χ1) is 18.8. The zero-order chi connectivity index (χ0) is 29.3. The second kappa shape index (κ2) is 10.1. The lowest BCUT2D eigenvalue weighted by molar-refractivity contribution is -0.215. The fourth-order valence-electron chi connectivity index (χ4n) is 9.28. The molecule has 5 rings (SSSR count). The van der Waals surface area contributed by atoms with Crippen molar-refractivity contribution in [1.29, 1.82) is 0 Å². The van der Waals surface area contributed by atoms with Crippen LogP contribution in [0.25, 0.3) is 0 Å². The van der Waals surface area contributed by atoms with Crippen LogP contribution in [0.2, 0.25) is 0 Å². The van der Waals surface area contributed by atoms with Gasteiger partial charge in [-0.1, -0.05) is 85.1 Å². The molecule has 8 heteroatoms. The van der Waals surface area contributed by atoms with Crippen LogP contribution >= 0.6 is 0 Å². The average molecular weight is 563 g/mol. The highest BCUT2D eigenvalue weighted by atomic mass is 16.6. The predicted molar refractivity (Wildman–Crippen MR) is 148 cm³/mol. The standard InChI is InChI=1S/C32H50O8/c1-6-7-8-9-10-11-12-13-14-15-22(34)39-30-17-20(3)31(37)21-16-19(2)25(35)32(21,38)27(36)29(18-33)26(40-29)23(31)24(30)28(30,4)5/h16,20-21,23-24,26-27,33,36-38H,6-15,17-18H2,1-5H3/t20-,21-,23+,24+,26-,27+,29-,30-,31+,32+/m0/s1. The second-order valence-corrected chi connectivity index (χ2v) is 14.2. The number of rotatable bonds is 12. The van der Waals surface area contributed by atoms with Gasteiger partial charge in [0.1, 0.15) is 17.3 Å². The Morgan fingerprint density at radius 3 is 2.27 bits per heavy atom. The number of carbonyl (C=O) groups is 2. The summed E-state index contributed by atoms with van der Waals surface area (Å²) in [6.45, 7) is 9.11. The van der Waals surface area contributed by atoms with E-state index in [2.05, 4.69) is 6.92 Å². The molecule has 3 saturated carbocycles. The largest absolute Gasteiger partial charge is 0.458 e. The number of aliphatic hydroxyl groups excluding tert-OH is 2. The van der Waals surface area contributed by atoms with Crippen LogP contribution in [0.4, 0.5) is 0 Å². The molecule has 0 aromatic rings. The normalized spacial score (nSPS) is 45.9. The van der Waals surface area contributed by atoms with Gasteiger partial charge in [0.05, 0.1) is 18.3 Å². The smallest absolute Gasteiger partial charge is 0.306 e. The predicted octanol–water partition coefficient (Wildman–Crippen LogP) is 3.61. The molecule has 0 aromatic carbocycles. The molecule has 0 radical (unpaired) electrons. The number of ether oxygens (including phenoxy) is 2. The van der Waals surface area contributed by atoms with Crippen molar-refractivity contribution in [2.45, 2.75) is 140 Å². The van der Waals surface area contributed by atoms with Gasteiger partial charge in [0.2, 0.25) is 0 Å². The minimum absolute atomic E-state index is 0.238. The van der Waals surface area contributed by atoms with Gasteiger partial charge >= 0.3 is 5.97 Å². The molecule has 226 valence electrons. The first-order valence-corrected chi connectivity index (χ1v) is 15.7. The van der Waals surface area contributed by atoms with E-state index < -0.39 is 70.2 Å². The lowest BCUT2D eigenvalue weighted by atomic mass is 9.59. The van der Waals surface area contributed by atoms with Crippen molar-refractivity contribution in [3.63, 3.8) is 0 Å². The van der Waals surface area contributed by atoms with Gasteiger partial charge in [-0.3, -0.25) is 9.59 Å². The number of fused-ring (bicyclic) bond motifs is 7. The number of aliphatic hydroxyl groups is 4. The quantitative estimate of drug-likeness (QED) is 0.161. The number of Topliss-reactive ketones (excluding diaryl/α,β-unsaturated/α-hetero) is 1. The summed E-state index contributed by atoms with van der Waals surface area (Å²) in [5.41, 5.74) is -6.50. The molecule has 0 amide bonds. The van der Waals surface area contributed by atoms with E-state index in [4.69, 9.17) is 9.47 Å². The molecule has 1 heterocycles. The number of esters is 1. The summed E-state index contributed by atoms with van der Waals surface area (Å²) in [4.78, 5) is 26.4. The van der Waals surface area contributed by atoms with E-state index in [1.54, 1.807) is 13.0 Å². The van der Waals surface area contributed by atoms with Crippen molar-refractivity contribution < 1.29 is 39.5 Å². The molecule has 4 N–H and O–H groups in total. The summed E-state index contributed by atoms with van der Waals surface area (Å²) in [7, 11) is 0. The van der Waals surface area contributed by atoms with Crippen molar-refractivity contribution in [3.8, 4) is 0 Å². The highest BCUT2D eigenvalue weighted by Gasteiger charge is 2.90. The molecule has 0 unspecified atom stereocenters. The second-order valence-electron chi connectivity index (χ2n) is 14.2. The van der Waals surface area contributed by atoms with Crippen LogP contribution in [0, 0.1) is 29.1 Å². The molecular weight excluding hydrogens is 512 g/mol. The van der Waals surface area contributed by atoms with Crippen molar-refractivity contribution in [3.05, 3.63) is 11.6 Å². The highest BCUT2D eigenvalue weighted by molar-refractivity contribution is 6.05. The van der Waals surface area contributed by atoms with E-state index in [-0.39, 0.29) is 17.5 Å². The van der Waals surface area contributed by atoms with Gasteiger partial charge in [-0.25, -0.2) is 0 Å². The van der Waals surface area contributed by atoms with E-state index in [0.29, 0.717) is 12.8 Å². The van der Waals surface area contributed by atoms with E-state index in [1.807, 2.05) is 20.8 Å². The molecule has 4 fully saturated rings. The third kappa shape index (κ3) is 3.95. The van der Waals surface area contributed by atoms with Crippen LogP contribution in [0.15, 0.2) is 11.6 Å². The third-order valence-corrected chi connectivity index (χ3v) is 11.7. The summed E-state index contributed by atoms with van der Waals surface area (Å²) >= 11 is 0. The van der Waals surface area contributed by atoms with Gasteiger partial charge in [0, 0.05) is 29.6 Å². The molecule has 10 atom stereocenters. The molecule has 1 aliphatic heterocycles. The Labute approximate surface area is 238 Å². The number of hydrogen-bond donors (Lipinski definition) is 4. The first kappa shape index (κ1) is 30.1. The average Bonchev–Trinajstić information content (AvgIpc) is 3.73. The molecule has 1 saturated heterocycles. The summed E-state index contributed by atoms with van der Waals surface area (Å²) in [5.74, 6) is -3.39. The van der Waals surface area contributed by atoms with Gasteiger partial charge in [-0.15, -0.1) is 0 Å². The van der Waals surface area contributed by atoms with Crippen LogP contribution in [0.5, 0.6) is 0 Å². The lowest BCUT2D eigenvalue weighted by Gasteiger charge is -2.51. The Morgan fingerprint density at radius 1 is 1.07 bits per heavy atom. The van der Waals surface area contributed by atoms with Gasteiger partial charge < -0.3 is 29.9 Å². The summed E-state index contributed by atoms with van der Waals surface area (Å²) in [5, 5.41) is 46.1.